The Labute approximate surface area is 190 Å². The molecular formula is C26H43BO4. The second kappa shape index (κ2) is 8.39. The first-order valence-electron chi connectivity index (χ1n) is 11.9. The van der Waals surface area contributed by atoms with Gasteiger partial charge in [0.1, 0.15) is 5.75 Å². The Kier molecular flexibility index (Phi) is 6.66. The van der Waals surface area contributed by atoms with E-state index in [1.807, 2.05) is 0 Å². The average Bonchev–Trinajstić information content (AvgIpc) is 2.85. The minimum atomic E-state index is -0.470. The maximum Gasteiger partial charge on any atom is 0.498 e. The monoisotopic (exact) mass is 430 g/mol. The summed E-state index contributed by atoms with van der Waals surface area (Å²) in [6.45, 7) is 20.2. The molecule has 174 valence electrons. The maximum absolute atomic E-state index is 6.49. The Bertz CT molecular complexity index is 779. The van der Waals surface area contributed by atoms with Crippen molar-refractivity contribution in [2.75, 3.05) is 13.9 Å². The van der Waals surface area contributed by atoms with Crippen molar-refractivity contribution < 1.29 is 18.8 Å². The van der Waals surface area contributed by atoms with Gasteiger partial charge in [0.2, 0.25) is 0 Å². The Morgan fingerprint density at radius 1 is 1.06 bits per heavy atom. The molecule has 1 saturated heterocycles. The first-order chi connectivity index (χ1) is 14.2. The normalized spacial score (nSPS) is 28.1. The van der Waals surface area contributed by atoms with Crippen molar-refractivity contribution in [1.29, 1.82) is 0 Å². The molecule has 0 spiro atoms. The van der Waals surface area contributed by atoms with Gasteiger partial charge in [-0.25, -0.2) is 0 Å². The molecule has 2 fully saturated rings. The summed E-state index contributed by atoms with van der Waals surface area (Å²) in [5.41, 5.74) is 2.79. The van der Waals surface area contributed by atoms with Crippen LogP contribution >= 0.6 is 0 Å². The van der Waals surface area contributed by atoms with Gasteiger partial charge in [-0.05, 0) is 62.8 Å². The molecule has 0 aromatic heterocycles. The summed E-state index contributed by atoms with van der Waals surface area (Å²) in [6, 6.07) is 4.60. The van der Waals surface area contributed by atoms with Gasteiger partial charge < -0.3 is 18.8 Å². The fourth-order valence-electron chi connectivity index (χ4n) is 5.02. The van der Waals surface area contributed by atoms with Crippen molar-refractivity contribution in [3.8, 4) is 5.75 Å². The first kappa shape index (κ1) is 24.6. The van der Waals surface area contributed by atoms with Gasteiger partial charge in [0, 0.05) is 18.1 Å². The summed E-state index contributed by atoms with van der Waals surface area (Å²) in [5, 5.41) is 0. The molecular weight excluding hydrogens is 387 g/mol. The molecule has 1 aliphatic heterocycles. The zero-order chi connectivity index (χ0) is 23.2. The topological polar surface area (TPSA) is 36.9 Å². The van der Waals surface area contributed by atoms with Crippen molar-refractivity contribution in [2.45, 2.75) is 110 Å². The third-order valence-electron chi connectivity index (χ3n) is 7.69. The van der Waals surface area contributed by atoms with E-state index < -0.39 is 18.3 Å². The Hall–Kier alpha value is -1.04. The summed E-state index contributed by atoms with van der Waals surface area (Å²) in [4.78, 5) is 0. The van der Waals surface area contributed by atoms with E-state index in [1.54, 1.807) is 7.11 Å². The van der Waals surface area contributed by atoms with E-state index in [9.17, 15) is 0 Å². The number of ether oxygens (including phenoxy) is 2. The van der Waals surface area contributed by atoms with E-state index >= 15 is 0 Å². The molecule has 0 N–H and O–H groups in total. The minimum Gasteiger partial charge on any atom is -0.468 e. The molecule has 5 heteroatoms. The summed E-state index contributed by atoms with van der Waals surface area (Å²) in [5.74, 6) is 1.58. The van der Waals surface area contributed by atoms with Gasteiger partial charge in [0.25, 0.3) is 0 Å². The van der Waals surface area contributed by atoms with Gasteiger partial charge in [0.05, 0.1) is 11.2 Å². The number of benzene rings is 1. The van der Waals surface area contributed by atoms with E-state index in [4.69, 9.17) is 18.8 Å². The average molecular weight is 430 g/mol. The SMILES string of the molecule is COCOc1c(B2OC(C)(C)C(C)(C)O2)cc(C(C)(C)C)cc1C1(C)CCCC(C)C1. The van der Waals surface area contributed by atoms with Crippen LogP contribution in [-0.2, 0) is 24.9 Å². The molecule has 31 heavy (non-hydrogen) atoms. The van der Waals surface area contributed by atoms with E-state index in [-0.39, 0.29) is 17.6 Å². The third-order valence-corrected chi connectivity index (χ3v) is 7.69. The Balaban J connectivity index is 2.21. The van der Waals surface area contributed by atoms with Crippen molar-refractivity contribution in [2.24, 2.45) is 5.92 Å². The molecule has 1 aliphatic carbocycles. The second-order valence-corrected chi connectivity index (χ2v) is 12.1. The molecule has 1 aromatic rings. The van der Waals surface area contributed by atoms with Crippen LogP contribution in [0.1, 0.15) is 99.1 Å². The Morgan fingerprint density at radius 3 is 2.19 bits per heavy atom. The van der Waals surface area contributed by atoms with Crippen LogP contribution in [0.4, 0.5) is 0 Å². The first-order valence-corrected chi connectivity index (χ1v) is 11.9. The van der Waals surface area contributed by atoms with Gasteiger partial charge in [-0.3, -0.25) is 0 Å². The molecule has 1 saturated carbocycles. The minimum absolute atomic E-state index is 0.00354. The summed E-state index contributed by atoms with van der Waals surface area (Å²) in [7, 11) is 1.20. The lowest BCUT2D eigenvalue weighted by atomic mass is 9.64. The molecule has 3 rings (SSSR count). The van der Waals surface area contributed by atoms with Crippen LogP contribution in [0.5, 0.6) is 5.75 Å². The second-order valence-electron chi connectivity index (χ2n) is 12.1. The van der Waals surface area contributed by atoms with Gasteiger partial charge in [-0.1, -0.05) is 59.6 Å². The molecule has 2 aliphatic rings. The lowest BCUT2D eigenvalue weighted by Gasteiger charge is -2.40. The van der Waals surface area contributed by atoms with Crippen molar-refractivity contribution in [3.05, 3.63) is 23.3 Å². The van der Waals surface area contributed by atoms with Crippen LogP contribution in [0, 0.1) is 5.92 Å². The fourth-order valence-corrected chi connectivity index (χ4v) is 5.02. The molecule has 0 amide bonds. The quantitative estimate of drug-likeness (QED) is 0.441. The van der Waals surface area contributed by atoms with Gasteiger partial charge >= 0.3 is 7.12 Å². The molecule has 0 bridgehead atoms. The smallest absolute Gasteiger partial charge is 0.468 e. The number of methoxy groups -OCH3 is 1. The van der Waals surface area contributed by atoms with E-state index in [0.29, 0.717) is 5.92 Å². The largest absolute Gasteiger partial charge is 0.498 e. The van der Waals surface area contributed by atoms with Crippen LogP contribution in [0.2, 0.25) is 0 Å². The van der Waals surface area contributed by atoms with Gasteiger partial charge in [0.15, 0.2) is 6.79 Å². The number of hydrogen-bond donors (Lipinski definition) is 0. The lowest BCUT2D eigenvalue weighted by molar-refractivity contribution is 0.00578. The lowest BCUT2D eigenvalue weighted by Crippen LogP contribution is -2.41. The molecule has 0 radical (unpaired) electrons. The fraction of sp³-hybridized carbons (Fsp3) is 0.769. The summed E-state index contributed by atoms with van der Waals surface area (Å²) >= 11 is 0. The maximum atomic E-state index is 6.49. The predicted molar refractivity (Wildman–Crippen MR) is 128 cm³/mol. The number of rotatable bonds is 5. The highest BCUT2D eigenvalue weighted by atomic mass is 16.7. The highest BCUT2D eigenvalue weighted by molar-refractivity contribution is 6.63. The number of hydrogen-bond acceptors (Lipinski definition) is 4. The zero-order valence-corrected chi connectivity index (χ0v) is 21.5. The van der Waals surface area contributed by atoms with Crippen molar-refractivity contribution >= 4 is 12.6 Å². The van der Waals surface area contributed by atoms with Crippen LogP contribution in [-0.4, -0.2) is 32.2 Å². The van der Waals surface area contributed by atoms with Gasteiger partial charge in [-0.2, -0.15) is 0 Å². The molecule has 1 aromatic carbocycles. The van der Waals surface area contributed by atoms with Crippen molar-refractivity contribution in [3.63, 3.8) is 0 Å². The zero-order valence-electron chi connectivity index (χ0n) is 21.5. The van der Waals surface area contributed by atoms with E-state index in [2.05, 4.69) is 74.4 Å². The molecule has 2 unspecified atom stereocenters. The molecule has 1 heterocycles. The molecule has 2 atom stereocenters. The van der Waals surface area contributed by atoms with Gasteiger partial charge in [-0.15, -0.1) is 0 Å². The van der Waals surface area contributed by atoms with E-state index in [1.165, 1.54) is 24.0 Å². The van der Waals surface area contributed by atoms with Crippen LogP contribution in [0.15, 0.2) is 12.1 Å². The predicted octanol–water partition coefficient (Wildman–Crippen LogP) is 5.73. The highest BCUT2D eigenvalue weighted by Gasteiger charge is 2.53. The summed E-state index contributed by atoms with van der Waals surface area (Å²) < 4.78 is 24.6. The summed E-state index contributed by atoms with van der Waals surface area (Å²) in [6.07, 6.45) is 4.86. The van der Waals surface area contributed by atoms with Crippen LogP contribution in [0.3, 0.4) is 0 Å². The molecule has 4 nitrogen and oxygen atoms in total. The van der Waals surface area contributed by atoms with Crippen molar-refractivity contribution in [1.82, 2.24) is 0 Å². The Morgan fingerprint density at radius 2 is 1.68 bits per heavy atom. The van der Waals surface area contributed by atoms with Crippen LogP contribution < -0.4 is 10.2 Å². The standard InChI is InChI=1S/C26H43BO4/c1-18-12-11-13-26(9,16-18)20-14-19(23(2,3)4)15-21(22(20)29-17-28-10)27-30-24(5,6)25(7,8)31-27/h14-15,18H,11-13,16-17H2,1-10H3. The third kappa shape index (κ3) is 4.84. The van der Waals surface area contributed by atoms with E-state index in [0.717, 1.165) is 24.1 Å². The highest BCUT2D eigenvalue weighted by Crippen LogP contribution is 2.46. The van der Waals surface area contributed by atoms with Crippen LogP contribution in [0.25, 0.3) is 0 Å².